The Bertz CT molecular complexity index is 288. The van der Waals surface area contributed by atoms with Crippen LogP contribution in [0, 0.1) is 0 Å². The molecule has 0 aliphatic heterocycles. The van der Waals surface area contributed by atoms with Gasteiger partial charge < -0.3 is 18.9 Å². The van der Waals surface area contributed by atoms with E-state index in [2.05, 4.69) is 13.1 Å². The van der Waals surface area contributed by atoms with Gasteiger partial charge in [-0.3, -0.25) is 0 Å². The Morgan fingerprint density at radius 1 is 0.519 bits per heavy atom. The molecule has 0 fully saturated rings. The number of ether oxygens (including phenoxy) is 4. The van der Waals surface area contributed by atoms with Gasteiger partial charge >= 0.3 is 0 Å². The zero-order chi connectivity index (χ0) is 20.1. The van der Waals surface area contributed by atoms with Crippen molar-refractivity contribution >= 4 is 18.5 Å². The maximum absolute atomic E-state index is 6.34. The van der Waals surface area contributed by atoms with E-state index in [9.17, 15) is 0 Å². The predicted molar refractivity (Wildman–Crippen MR) is 119 cm³/mol. The molecule has 0 aliphatic rings. The van der Waals surface area contributed by atoms with E-state index in [4.69, 9.17) is 30.0 Å². The maximum atomic E-state index is 6.34. The third-order valence-electron chi connectivity index (χ3n) is 4.44. The lowest BCUT2D eigenvalue weighted by molar-refractivity contribution is 0.0181. The molecule has 0 saturated carbocycles. The molecule has 0 radical (unpaired) electrons. The van der Waals surface area contributed by atoms with Crippen molar-refractivity contribution in [1.82, 2.24) is 0 Å². The average molecular weight is 425 g/mol. The molecule has 0 rings (SSSR count). The van der Waals surface area contributed by atoms with Gasteiger partial charge in [-0.2, -0.15) is 11.1 Å². The molecule has 164 valence electrons. The highest BCUT2D eigenvalue weighted by Crippen LogP contribution is 2.19. The average Bonchev–Trinajstić information content (AvgIpc) is 2.62. The van der Waals surface area contributed by atoms with Crippen molar-refractivity contribution in [2.75, 3.05) is 53.4 Å². The van der Waals surface area contributed by atoms with E-state index in [0.29, 0.717) is 26.4 Å². The lowest BCUT2D eigenvalue weighted by atomic mass is 10.1. The van der Waals surface area contributed by atoms with Crippen LogP contribution in [0.3, 0.4) is 0 Å². The monoisotopic (exact) mass is 424 g/mol. The smallest absolute Gasteiger partial charge is 0.150 e. The van der Waals surface area contributed by atoms with Crippen LogP contribution in [0.2, 0.25) is 19.1 Å². The standard InChI is InChI=1S/C21H45ClO4Si/c1-23-17-18-26-20-19-25-16-13-15-24-14-11-9-7-5-4-6-8-10-12-21-27(2,3)22/h4-21H2,1-3H3. The SMILES string of the molecule is COCCOCCOCCCOCCCCCCCCCCC[Si](C)(C)Cl. The second-order valence-electron chi connectivity index (χ2n) is 7.83. The molecule has 0 spiro atoms. The highest BCUT2D eigenvalue weighted by atomic mass is 35.6. The molecule has 0 saturated heterocycles. The summed E-state index contributed by atoms with van der Waals surface area (Å²) in [6.45, 7) is 9.49. The molecule has 0 unspecified atom stereocenters. The number of methoxy groups -OCH3 is 1. The van der Waals surface area contributed by atoms with Gasteiger partial charge in [0.25, 0.3) is 0 Å². The highest BCUT2D eigenvalue weighted by Gasteiger charge is 2.15. The fourth-order valence-corrected chi connectivity index (χ4v) is 4.31. The van der Waals surface area contributed by atoms with Gasteiger partial charge in [0.1, 0.15) is 7.38 Å². The molecule has 0 bridgehead atoms. The van der Waals surface area contributed by atoms with E-state index >= 15 is 0 Å². The zero-order valence-electron chi connectivity index (χ0n) is 18.2. The van der Waals surface area contributed by atoms with Crippen molar-refractivity contribution in [3.05, 3.63) is 0 Å². The first kappa shape index (κ1) is 27.3. The number of halogens is 1. The Hall–Kier alpha value is 0.347. The summed E-state index contributed by atoms with van der Waals surface area (Å²) in [5.41, 5.74) is 0. The van der Waals surface area contributed by atoms with Crippen LogP contribution in [0.15, 0.2) is 0 Å². The molecule has 0 amide bonds. The molecule has 4 nitrogen and oxygen atoms in total. The van der Waals surface area contributed by atoms with Gasteiger partial charge in [-0.05, 0) is 18.9 Å². The fourth-order valence-electron chi connectivity index (χ4n) is 2.82. The molecule has 0 aliphatic carbocycles. The number of hydrogen-bond acceptors (Lipinski definition) is 4. The Labute approximate surface area is 174 Å². The van der Waals surface area contributed by atoms with Crippen molar-refractivity contribution in [2.45, 2.75) is 83.3 Å². The second-order valence-corrected chi connectivity index (χ2v) is 14.8. The van der Waals surface area contributed by atoms with Gasteiger partial charge in [-0.15, -0.1) is 0 Å². The highest BCUT2D eigenvalue weighted by molar-refractivity contribution is 7.19. The first-order valence-electron chi connectivity index (χ1n) is 11.0. The predicted octanol–water partition coefficient (Wildman–Crippen LogP) is 6.03. The summed E-state index contributed by atoms with van der Waals surface area (Å²) in [6, 6.07) is 1.27. The van der Waals surface area contributed by atoms with Gasteiger partial charge in [-0.25, -0.2) is 0 Å². The number of rotatable bonds is 22. The van der Waals surface area contributed by atoms with Crippen molar-refractivity contribution in [1.29, 1.82) is 0 Å². The summed E-state index contributed by atoms with van der Waals surface area (Å²) in [4.78, 5) is 0. The largest absolute Gasteiger partial charge is 0.382 e. The Kier molecular flexibility index (Phi) is 21.3. The van der Waals surface area contributed by atoms with Crippen LogP contribution in [0.25, 0.3) is 0 Å². The Morgan fingerprint density at radius 3 is 1.48 bits per heavy atom. The van der Waals surface area contributed by atoms with Gasteiger partial charge in [0, 0.05) is 26.9 Å². The van der Waals surface area contributed by atoms with Crippen LogP contribution in [0.1, 0.15) is 64.2 Å². The Balaban J connectivity index is 3.01. The summed E-state index contributed by atoms with van der Waals surface area (Å²) in [7, 11) is 0.347. The van der Waals surface area contributed by atoms with Crippen molar-refractivity contribution in [3.63, 3.8) is 0 Å². The molecule has 0 aromatic rings. The molecule has 0 heterocycles. The van der Waals surface area contributed by atoms with E-state index < -0.39 is 7.38 Å². The minimum atomic E-state index is -1.33. The quantitative estimate of drug-likeness (QED) is 0.121. The van der Waals surface area contributed by atoms with Gasteiger partial charge in [0.2, 0.25) is 0 Å². The summed E-state index contributed by atoms with van der Waals surface area (Å²) >= 11 is 6.34. The zero-order valence-corrected chi connectivity index (χ0v) is 20.0. The van der Waals surface area contributed by atoms with Crippen molar-refractivity contribution < 1.29 is 18.9 Å². The maximum Gasteiger partial charge on any atom is 0.150 e. The summed E-state index contributed by atoms with van der Waals surface area (Å²) in [5, 5.41) is 0. The summed E-state index contributed by atoms with van der Waals surface area (Å²) in [6.07, 6.45) is 13.0. The third-order valence-corrected chi connectivity index (χ3v) is 6.55. The fraction of sp³-hybridized carbons (Fsp3) is 1.00. The normalized spacial score (nSPS) is 12.0. The first-order valence-corrected chi connectivity index (χ1v) is 15.2. The molecule has 0 aromatic heterocycles. The van der Waals surface area contributed by atoms with Crippen LogP contribution in [-0.2, 0) is 18.9 Å². The molecule has 0 aromatic carbocycles. The number of unbranched alkanes of at least 4 members (excludes halogenated alkanes) is 8. The summed E-state index contributed by atoms with van der Waals surface area (Å²) < 4.78 is 21.4. The van der Waals surface area contributed by atoms with E-state index in [1.165, 1.54) is 63.8 Å². The topological polar surface area (TPSA) is 36.9 Å². The lowest BCUT2D eigenvalue weighted by Crippen LogP contribution is -2.14. The van der Waals surface area contributed by atoms with E-state index in [-0.39, 0.29) is 0 Å². The molecule has 27 heavy (non-hydrogen) atoms. The third kappa shape index (κ3) is 26.3. The minimum Gasteiger partial charge on any atom is -0.382 e. The molecule has 6 heteroatoms. The van der Waals surface area contributed by atoms with E-state index in [0.717, 1.165) is 26.2 Å². The van der Waals surface area contributed by atoms with Crippen LogP contribution >= 0.6 is 11.1 Å². The van der Waals surface area contributed by atoms with Gasteiger partial charge in [0.05, 0.1) is 26.4 Å². The Morgan fingerprint density at radius 2 is 0.926 bits per heavy atom. The molecular weight excluding hydrogens is 380 g/mol. The van der Waals surface area contributed by atoms with E-state index in [1.807, 2.05) is 0 Å². The van der Waals surface area contributed by atoms with Crippen molar-refractivity contribution in [2.24, 2.45) is 0 Å². The lowest BCUT2D eigenvalue weighted by Gasteiger charge is -2.11. The molecule has 0 atom stereocenters. The molecule has 0 N–H and O–H groups in total. The van der Waals surface area contributed by atoms with Crippen LogP contribution in [-0.4, -0.2) is 60.7 Å². The van der Waals surface area contributed by atoms with Crippen molar-refractivity contribution in [3.8, 4) is 0 Å². The van der Waals surface area contributed by atoms with E-state index in [1.54, 1.807) is 7.11 Å². The first-order chi connectivity index (χ1) is 13.1. The van der Waals surface area contributed by atoms with Gasteiger partial charge in [-0.1, -0.05) is 64.5 Å². The second kappa shape index (κ2) is 21.1. The van der Waals surface area contributed by atoms with Gasteiger partial charge in [0.15, 0.2) is 0 Å². The minimum absolute atomic E-state index is 0.636. The van der Waals surface area contributed by atoms with Crippen LogP contribution < -0.4 is 0 Å². The van der Waals surface area contributed by atoms with Crippen LogP contribution in [0.5, 0.6) is 0 Å². The van der Waals surface area contributed by atoms with Crippen LogP contribution in [0.4, 0.5) is 0 Å². The summed E-state index contributed by atoms with van der Waals surface area (Å²) in [5.74, 6) is 0. The number of hydrogen-bond donors (Lipinski definition) is 0. The molecular formula is C21H45ClO4Si.